The van der Waals surface area contributed by atoms with E-state index in [1.165, 1.54) is 0 Å². The van der Waals surface area contributed by atoms with Crippen LogP contribution >= 0.6 is 0 Å². The average molecular weight is 346 g/mol. The number of fused-ring (bicyclic) bond motifs is 1. The van der Waals surface area contributed by atoms with E-state index >= 15 is 0 Å². The van der Waals surface area contributed by atoms with Gasteiger partial charge in [0.25, 0.3) is 0 Å². The van der Waals surface area contributed by atoms with E-state index in [0.29, 0.717) is 32.2 Å². The van der Waals surface area contributed by atoms with E-state index in [1.807, 2.05) is 31.2 Å². The molecule has 7 heteroatoms. The highest BCUT2D eigenvalue weighted by molar-refractivity contribution is 5.81. The van der Waals surface area contributed by atoms with Gasteiger partial charge < -0.3 is 25.4 Å². The molecule has 0 aromatic heterocycles. The summed E-state index contributed by atoms with van der Waals surface area (Å²) >= 11 is 0. The highest BCUT2D eigenvalue weighted by Crippen LogP contribution is 2.30. The topological polar surface area (TPSA) is 84.0 Å². The number of rotatable bonds is 7. The number of para-hydroxylation sites is 2. The van der Waals surface area contributed by atoms with E-state index in [2.05, 4.69) is 20.9 Å². The first kappa shape index (κ1) is 17.4. The lowest BCUT2D eigenvalue weighted by Gasteiger charge is -2.25. The van der Waals surface area contributed by atoms with Gasteiger partial charge in [-0.15, -0.1) is 0 Å². The molecule has 1 atom stereocenters. The number of carbonyl (C=O) groups is 1. The molecule has 0 radical (unpaired) electrons. The summed E-state index contributed by atoms with van der Waals surface area (Å²) in [7, 11) is 0. The fraction of sp³-hybridized carbons (Fsp3) is 0.556. The van der Waals surface area contributed by atoms with Crippen molar-refractivity contribution in [1.29, 1.82) is 0 Å². The zero-order valence-corrected chi connectivity index (χ0v) is 14.6. The first-order valence-electron chi connectivity index (χ1n) is 8.94. The third-order valence-electron chi connectivity index (χ3n) is 4.03. The summed E-state index contributed by atoms with van der Waals surface area (Å²) in [6, 6.07) is 7.65. The van der Waals surface area contributed by atoms with E-state index in [9.17, 15) is 4.79 Å². The van der Waals surface area contributed by atoms with Crippen LogP contribution in [0.1, 0.15) is 19.8 Å². The molecule has 1 aliphatic heterocycles. The van der Waals surface area contributed by atoms with Crippen molar-refractivity contribution in [3.8, 4) is 11.5 Å². The molecule has 3 rings (SSSR count). The number of nitrogens with one attached hydrogen (secondary N) is 3. The van der Waals surface area contributed by atoms with Gasteiger partial charge in [0.2, 0.25) is 5.91 Å². The van der Waals surface area contributed by atoms with Crippen LogP contribution in [0.2, 0.25) is 0 Å². The van der Waals surface area contributed by atoms with E-state index in [4.69, 9.17) is 9.47 Å². The third kappa shape index (κ3) is 5.27. The largest absolute Gasteiger partial charge is 0.486 e. The van der Waals surface area contributed by atoms with Gasteiger partial charge in [-0.25, -0.2) is 4.99 Å². The minimum Gasteiger partial charge on any atom is -0.486 e. The van der Waals surface area contributed by atoms with Crippen LogP contribution in [0.5, 0.6) is 11.5 Å². The van der Waals surface area contributed by atoms with E-state index in [1.54, 1.807) is 0 Å². The predicted octanol–water partition coefficient (Wildman–Crippen LogP) is 0.908. The summed E-state index contributed by atoms with van der Waals surface area (Å²) in [5, 5.41) is 9.35. The Morgan fingerprint density at radius 2 is 1.92 bits per heavy atom. The zero-order chi connectivity index (χ0) is 17.5. The lowest BCUT2D eigenvalue weighted by atomic mass is 10.2. The van der Waals surface area contributed by atoms with Crippen molar-refractivity contribution < 1.29 is 14.3 Å². The van der Waals surface area contributed by atoms with E-state index in [-0.39, 0.29) is 17.9 Å². The lowest BCUT2D eigenvalue weighted by molar-refractivity contribution is -0.122. The number of hydrogen-bond acceptors (Lipinski definition) is 4. The van der Waals surface area contributed by atoms with Crippen molar-refractivity contribution in [1.82, 2.24) is 16.0 Å². The normalized spacial score (nSPS) is 19.2. The van der Waals surface area contributed by atoms with Gasteiger partial charge in [-0.1, -0.05) is 12.1 Å². The van der Waals surface area contributed by atoms with Crippen LogP contribution in [0.25, 0.3) is 0 Å². The summed E-state index contributed by atoms with van der Waals surface area (Å²) < 4.78 is 11.6. The Balaban J connectivity index is 1.42. The molecule has 1 heterocycles. The Morgan fingerprint density at radius 3 is 2.68 bits per heavy atom. The molecule has 1 aliphatic carbocycles. The number of ether oxygens (including phenoxy) is 2. The molecule has 1 unspecified atom stereocenters. The van der Waals surface area contributed by atoms with Crippen LogP contribution in [0.3, 0.4) is 0 Å². The number of amides is 1. The number of nitrogens with zero attached hydrogens (tertiary/aromatic N) is 1. The molecule has 1 aromatic carbocycles. The van der Waals surface area contributed by atoms with Crippen molar-refractivity contribution in [2.24, 2.45) is 10.9 Å². The molecule has 2 aliphatic rings. The maximum atomic E-state index is 11.6. The minimum atomic E-state index is -0.111. The van der Waals surface area contributed by atoms with Gasteiger partial charge in [-0.05, 0) is 31.9 Å². The summed E-state index contributed by atoms with van der Waals surface area (Å²) in [6.07, 6.45) is 1.94. The van der Waals surface area contributed by atoms with Gasteiger partial charge in [0.15, 0.2) is 23.6 Å². The van der Waals surface area contributed by atoms with Crippen LogP contribution in [0.4, 0.5) is 0 Å². The second kappa shape index (κ2) is 8.60. The average Bonchev–Trinajstić information content (AvgIpc) is 3.48. The highest BCUT2D eigenvalue weighted by Gasteiger charge is 2.29. The fourth-order valence-electron chi connectivity index (χ4n) is 2.54. The molecule has 0 saturated heterocycles. The highest BCUT2D eigenvalue weighted by atomic mass is 16.6. The smallest absolute Gasteiger partial charge is 0.223 e. The Hall–Kier alpha value is -2.44. The number of hydrogen-bond donors (Lipinski definition) is 3. The Bertz CT molecular complexity index is 616. The van der Waals surface area contributed by atoms with Gasteiger partial charge in [0.05, 0.1) is 6.54 Å². The summed E-state index contributed by atoms with van der Waals surface area (Å²) in [5.74, 6) is 2.66. The summed E-state index contributed by atoms with van der Waals surface area (Å²) in [4.78, 5) is 16.1. The molecule has 25 heavy (non-hydrogen) atoms. The standard InChI is InChI=1S/C18H26N4O3/c1-2-19-18(21-10-9-20-17(23)13-7-8-13)22-11-14-12-24-15-5-3-4-6-16(15)25-14/h3-6,13-14H,2,7-12H2,1H3,(H,20,23)(H2,19,21,22). The number of carbonyl (C=O) groups excluding carboxylic acids is 1. The maximum Gasteiger partial charge on any atom is 0.223 e. The SMILES string of the molecule is CCNC(=NCC1COc2ccccc2O1)NCCNC(=O)C1CC1. The monoisotopic (exact) mass is 346 g/mol. The number of aliphatic imine (C=N–C) groups is 1. The van der Waals surface area contributed by atoms with Crippen LogP contribution in [-0.4, -0.2) is 50.8 Å². The van der Waals surface area contributed by atoms with Crippen molar-refractivity contribution in [3.05, 3.63) is 24.3 Å². The van der Waals surface area contributed by atoms with Crippen molar-refractivity contribution in [2.45, 2.75) is 25.9 Å². The molecular formula is C18H26N4O3. The lowest BCUT2D eigenvalue weighted by Crippen LogP contribution is -2.42. The molecule has 136 valence electrons. The van der Waals surface area contributed by atoms with Crippen molar-refractivity contribution in [2.75, 3.05) is 32.8 Å². The molecule has 7 nitrogen and oxygen atoms in total. The molecule has 0 bridgehead atoms. The third-order valence-corrected chi connectivity index (χ3v) is 4.03. The fourth-order valence-corrected chi connectivity index (χ4v) is 2.54. The van der Waals surface area contributed by atoms with Gasteiger partial charge in [-0.3, -0.25) is 4.79 Å². The molecule has 0 spiro atoms. The second-order valence-corrected chi connectivity index (χ2v) is 6.21. The molecular weight excluding hydrogens is 320 g/mol. The minimum absolute atomic E-state index is 0.111. The van der Waals surface area contributed by atoms with Crippen LogP contribution in [-0.2, 0) is 4.79 Å². The Morgan fingerprint density at radius 1 is 1.16 bits per heavy atom. The maximum absolute atomic E-state index is 11.6. The van der Waals surface area contributed by atoms with Crippen LogP contribution in [0.15, 0.2) is 29.3 Å². The molecule has 1 fully saturated rings. The number of guanidine groups is 1. The summed E-state index contributed by atoms with van der Waals surface area (Å²) in [6.45, 7) is 4.99. The van der Waals surface area contributed by atoms with Gasteiger partial charge in [0.1, 0.15) is 6.61 Å². The van der Waals surface area contributed by atoms with Crippen molar-refractivity contribution >= 4 is 11.9 Å². The molecule has 3 N–H and O–H groups in total. The number of benzene rings is 1. The molecule has 1 saturated carbocycles. The van der Waals surface area contributed by atoms with Crippen LogP contribution in [0, 0.1) is 5.92 Å². The zero-order valence-electron chi connectivity index (χ0n) is 14.6. The first-order valence-corrected chi connectivity index (χ1v) is 8.94. The van der Waals surface area contributed by atoms with E-state index in [0.717, 1.165) is 30.9 Å². The van der Waals surface area contributed by atoms with Gasteiger partial charge in [-0.2, -0.15) is 0 Å². The van der Waals surface area contributed by atoms with E-state index < -0.39 is 0 Å². The quantitative estimate of drug-likeness (QED) is 0.388. The van der Waals surface area contributed by atoms with Crippen LogP contribution < -0.4 is 25.4 Å². The Kier molecular flexibility index (Phi) is 5.98. The Labute approximate surface area is 148 Å². The van der Waals surface area contributed by atoms with Crippen molar-refractivity contribution in [3.63, 3.8) is 0 Å². The second-order valence-electron chi connectivity index (χ2n) is 6.21. The summed E-state index contributed by atoms with van der Waals surface area (Å²) in [5.41, 5.74) is 0. The van der Waals surface area contributed by atoms with Gasteiger partial charge >= 0.3 is 0 Å². The van der Waals surface area contributed by atoms with Gasteiger partial charge in [0, 0.05) is 25.6 Å². The first-order chi connectivity index (χ1) is 12.3. The molecule has 1 amide bonds. The predicted molar refractivity (Wildman–Crippen MR) is 96.1 cm³/mol. The molecule has 1 aromatic rings.